The van der Waals surface area contributed by atoms with Crippen molar-refractivity contribution in [2.45, 2.75) is 44.7 Å². The molecule has 1 aromatic heterocycles. The summed E-state index contributed by atoms with van der Waals surface area (Å²) >= 11 is 4.81. The number of phosphoric ester groups is 1. The Morgan fingerprint density at radius 3 is 2.91 bits per heavy atom. The van der Waals surface area contributed by atoms with Gasteiger partial charge in [-0.3, -0.25) is 23.4 Å². The van der Waals surface area contributed by atoms with Gasteiger partial charge in [0.15, 0.2) is 12.5 Å². The van der Waals surface area contributed by atoms with Crippen molar-refractivity contribution in [3.05, 3.63) is 55.7 Å². The lowest BCUT2D eigenvalue weighted by atomic mass is 10.1. The van der Waals surface area contributed by atoms with Crippen molar-refractivity contribution in [3.63, 3.8) is 0 Å². The van der Waals surface area contributed by atoms with Crippen LogP contribution in [-0.4, -0.2) is 50.7 Å². The molecule has 1 fully saturated rings. The predicted octanol–water partition coefficient (Wildman–Crippen LogP) is 1.99. The van der Waals surface area contributed by atoms with Gasteiger partial charge in [-0.25, -0.2) is 13.8 Å². The lowest BCUT2D eigenvalue weighted by molar-refractivity contribution is -0.205. The molecule has 4 rings (SSSR count). The van der Waals surface area contributed by atoms with Gasteiger partial charge in [0.2, 0.25) is 0 Å². The highest BCUT2D eigenvalue weighted by Crippen LogP contribution is 2.56. The third kappa shape index (κ3) is 4.33. The molecule has 5 atom stereocenters. The van der Waals surface area contributed by atoms with Gasteiger partial charge in [0.1, 0.15) is 29.2 Å². The third-order valence-corrected chi connectivity index (χ3v) is 6.73. The molecule has 2 aromatic rings. The molecule has 1 aromatic carbocycles. The Morgan fingerprint density at radius 1 is 1.48 bits per heavy atom. The molecule has 0 spiro atoms. The van der Waals surface area contributed by atoms with Gasteiger partial charge in [0, 0.05) is 11.8 Å². The number of halogens is 1. The number of aryl methyl sites for hydroxylation is 2. The molecule has 178 valence electrons. The monoisotopic (exact) mass is 503 g/mol. The number of nitrogens with zero attached hydrogens (tertiary/aromatic N) is 1. The van der Waals surface area contributed by atoms with E-state index < -0.39 is 44.4 Å². The van der Waals surface area contributed by atoms with E-state index in [1.54, 1.807) is 19.1 Å². The van der Waals surface area contributed by atoms with Crippen molar-refractivity contribution in [3.8, 4) is 5.75 Å². The fraction of sp³-hybridized carbons (Fsp3) is 0.421. The van der Waals surface area contributed by atoms with Gasteiger partial charge in [-0.1, -0.05) is 29.9 Å². The second-order valence-corrected chi connectivity index (χ2v) is 9.60. The second-order valence-electron chi connectivity index (χ2n) is 7.60. The molecule has 2 aliphatic rings. The summed E-state index contributed by atoms with van der Waals surface area (Å²) in [4.78, 5) is 25.5. The number of aromatic nitrogens is 2. The highest BCUT2D eigenvalue weighted by atomic mass is 32.1. The van der Waals surface area contributed by atoms with Gasteiger partial charge < -0.3 is 19.5 Å². The fourth-order valence-electron chi connectivity index (χ4n) is 3.50. The van der Waals surface area contributed by atoms with Crippen LogP contribution in [0.4, 0.5) is 4.39 Å². The normalized spacial score (nSPS) is 33.8. The number of nitrogens with one attached hydrogen (secondary N) is 1. The van der Waals surface area contributed by atoms with Crippen LogP contribution in [0.2, 0.25) is 0 Å². The number of alkyl halides is 1. The van der Waals surface area contributed by atoms with E-state index in [2.05, 4.69) is 4.98 Å². The van der Waals surface area contributed by atoms with E-state index in [0.29, 0.717) is 15.7 Å². The van der Waals surface area contributed by atoms with Crippen LogP contribution in [0, 0.1) is 18.5 Å². The molecule has 11 nitrogen and oxygen atoms in total. The summed E-state index contributed by atoms with van der Waals surface area (Å²) in [7, 11) is -4.38. The number of phosphoric acid groups is 1. The Hall–Kier alpha value is -2.25. The number of aliphatic hydroxyl groups is 2. The van der Waals surface area contributed by atoms with Gasteiger partial charge >= 0.3 is 13.5 Å². The standard InChI is InChI=1S/C19H20FN2O9PS/c1-9-3-10(2)14-11(4-9)7-28-32(27,31-14)29-8-19(20)15(25)13(24)17(30-19)22-5-12(6-23)16(33)21-18(22)26/h3-6,13,15,17,24-25H,7-8H2,1-2H3,(H,21,26,33)/t13-,15+,17-,19-,32?/m1/s1/i17D. The second kappa shape index (κ2) is 8.51. The minimum absolute atomic E-state index is 0.157. The minimum Gasteiger partial charge on any atom is -0.403 e. The average Bonchev–Trinajstić information content (AvgIpc) is 2.94. The first kappa shape index (κ1) is 22.5. The van der Waals surface area contributed by atoms with Crippen LogP contribution in [0.1, 0.15) is 34.6 Å². The lowest BCUT2D eigenvalue weighted by Crippen LogP contribution is -2.43. The number of fused-ring (bicyclic) bond motifs is 1. The van der Waals surface area contributed by atoms with Gasteiger partial charge in [-0.2, -0.15) is 0 Å². The van der Waals surface area contributed by atoms with Crippen LogP contribution < -0.4 is 10.2 Å². The maximum absolute atomic E-state index is 15.6. The molecule has 0 saturated carbocycles. The summed E-state index contributed by atoms with van der Waals surface area (Å²) in [5.74, 6) is -3.08. The summed E-state index contributed by atoms with van der Waals surface area (Å²) in [5.41, 5.74) is 0.794. The van der Waals surface area contributed by atoms with Crippen LogP contribution in [0.25, 0.3) is 0 Å². The number of hydrogen-bond donors (Lipinski definition) is 3. The van der Waals surface area contributed by atoms with Crippen LogP contribution in [0.5, 0.6) is 5.75 Å². The molecule has 0 radical (unpaired) electrons. The van der Waals surface area contributed by atoms with E-state index >= 15 is 4.39 Å². The Bertz CT molecular complexity index is 1340. The molecule has 0 amide bonds. The molecule has 33 heavy (non-hydrogen) atoms. The Labute approximate surface area is 192 Å². The molecule has 1 unspecified atom stereocenters. The van der Waals surface area contributed by atoms with Crippen molar-refractivity contribution in [2.24, 2.45) is 0 Å². The summed E-state index contributed by atoms with van der Waals surface area (Å²) in [5, 5.41) is 20.7. The molecular formula is C19H20FN2O9PS. The number of aromatic amines is 1. The summed E-state index contributed by atoms with van der Waals surface area (Å²) in [6.07, 6.45) is -6.64. The SMILES string of the molecule is [2H][C@@]1(n2cc(C=O)c(=S)[nH]c2=O)O[C@](F)(COP2(=O)OCc3cc(C)cc(C)c3O2)[C@@H](O)[C@H]1O. The fourth-order valence-corrected chi connectivity index (χ4v) is 4.99. The predicted molar refractivity (Wildman–Crippen MR) is 112 cm³/mol. The molecule has 14 heteroatoms. The van der Waals surface area contributed by atoms with E-state index in [9.17, 15) is 24.4 Å². The summed E-state index contributed by atoms with van der Waals surface area (Å²) in [6.45, 7) is 2.12. The van der Waals surface area contributed by atoms with Crippen molar-refractivity contribution < 1.29 is 43.6 Å². The summed E-state index contributed by atoms with van der Waals surface area (Å²) in [6, 6.07) is 3.53. The van der Waals surface area contributed by atoms with Crippen LogP contribution in [0.3, 0.4) is 0 Å². The van der Waals surface area contributed by atoms with Crippen molar-refractivity contribution >= 4 is 26.3 Å². The first-order valence-corrected chi connectivity index (χ1v) is 11.4. The van der Waals surface area contributed by atoms with E-state index in [-0.39, 0.29) is 28.8 Å². The maximum Gasteiger partial charge on any atom is 0.530 e. The van der Waals surface area contributed by atoms with E-state index in [0.717, 1.165) is 11.8 Å². The largest absolute Gasteiger partial charge is 0.530 e. The summed E-state index contributed by atoms with van der Waals surface area (Å²) < 4.78 is 57.4. The minimum atomic E-state index is -4.38. The Kier molecular flexibility index (Phi) is 5.81. The van der Waals surface area contributed by atoms with Gasteiger partial charge in [0.25, 0.3) is 5.85 Å². The molecule has 1 saturated heterocycles. The number of aliphatic hydroxyl groups excluding tert-OH is 2. The number of ether oxygens (including phenoxy) is 1. The van der Waals surface area contributed by atoms with Crippen LogP contribution in [-0.2, 0) is 25.0 Å². The van der Waals surface area contributed by atoms with Gasteiger partial charge in [-0.15, -0.1) is 0 Å². The number of carbonyl (C=O) groups is 1. The van der Waals surface area contributed by atoms with Crippen molar-refractivity contribution in [1.82, 2.24) is 9.55 Å². The highest BCUT2D eigenvalue weighted by Gasteiger charge is 2.57. The van der Waals surface area contributed by atoms with Gasteiger partial charge in [0.05, 0.1) is 13.5 Å². The molecule has 2 aliphatic heterocycles. The zero-order chi connectivity index (χ0) is 25.1. The number of rotatable bonds is 5. The third-order valence-electron chi connectivity index (χ3n) is 5.10. The number of H-pyrrole nitrogens is 1. The molecule has 3 heterocycles. The topological polar surface area (TPSA) is 149 Å². The Morgan fingerprint density at radius 2 is 2.21 bits per heavy atom. The molecular weight excluding hydrogens is 482 g/mol. The first-order chi connectivity index (χ1) is 15.8. The quantitative estimate of drug-likeness (QED) is 0.314. The highest BCUT2D eigenvalue weighted by molar-refractivity contribution is 7.71. The zero-order valence-corrected chi connectivity index (χ0v) is 19.0. The molecule has 0 bridgehead atoms. The zero-order valence-electron chi connectivity index (χ0n) is 18.3. The number of benzene rings is 1. The van der Waals surface area contributed by atoms with Crippen LogP contribution >= 0.6 is 20.0 Å². The lowest BCUT2D eigenvalue weighted by Gasteiger charge is -2.29. The van der Waals surface area contributed by atoms with E-state index in [1.165, 1.54) is 0 Å². The number of hydrogen-bond acceptors (Lipinski definition) is 10. The smallest absolute Gasteiger partial charge is 0.403 e. The number of aldehydes is 1. The van der Waals surface area contributed by atoms with Gasteiger partial charge in [-0.05, 0) is 19.4 Å². The van der Waals surface area contributed by atoms with E-state index in [4.69, 9.17) is 31.9 Å². The van der Waals surface area contributed by atoms with Crippen molar-refractivity contribution in [2.75, 3.05) is 6.61 Å². The Balaban J connectivity index is 1.59. The molecule has 3 N–H and O–H groups in total. The number of carbonyl (C=O) groups excluding carboxylic acids is 1. The van der Waals surface area contributed by atoms with E-state index in [1.807, 2.05) is 6.92 Å². The first-order valence-electron chi connectivity index (χ1n) is 10.1. The van der Waals surface area contributed by atoms with Crippen molar-refractivity contribution in [1.29, 1.82) is 0 Å². The van der Waals surface area contributed by atoms with Crippen LogP contribution in [0.15, 0.2) is 23.1 Å². The molecule has 0 aliphatic carbocycles. The maximum atomic E-state index is 15.6. The average molecular weight is 503 g/mol.